The van der Waals surface area contributed by atoms with Crippen LogP contribution in [0, 0.1) is 0 Å². The molecule has 6 N–H and O–H groups in total. The van der Waals surface area contributed by atoms with E-state index in [1.54, 1.807) is 12.1 Å². The van der Waals surface area contributed by atoms with Crippen molar-refractivity contribution in [3.63, 3.8) is 0 Å². The van der Waals surface area contributed by atoms with Gasteiger partial charge in [0.15, 0.2) is 11.5 Å². The van der Waals surface area contributed by atoms with Crippen LogP contribution in [0.1, 0.15) is 0 Å². The lowest BCUT2D eigenvalue weighted by Crippen LogP contribution is -2.32. The molecular weight excluding hydrogens is 208 g/mol. The highest BCUT2D eigenvalue weighted by atomic mass is 16.3. The molecule has 1 rings (SSSR count). The topological polar surface area (TPSA) is 103 Å². The SMILES string of the molecule is C=C(N)N/C(=N\C)Nc1cccc(O)c1O. The molecule has 16 heavy (non-hydrogen) atoms. The van der Waals surface area contributed by atoms with Crippen molar-refractivity contribution in [1.29, 1.82) is 0 Å². The number of nitrogens with zero attached hydrogens (tertiary/aromatic N) is 1. The molecule has 0 atom stereocenters. The van der Waals surface area contributed by atoms with Gasteiger partial charge < -0.3 is 26.6 Å². The van der Waals surface area contributed by atoms with Crippen molar-refractivity contribution in [3.8, 4) is 11.5 Å². The van der Waals surface area contributed by atoms with Gasteiger partial charge in [0.25, 0.3) is 0 Å². The number of hydrogen-bond donors (Lipinski definition) is 5. The number of hydrogen-bond acceptors (Lipinski definition) is 4. The molecule has 0 spiro atoms. The van der Waals surface area contributed by atoms with Gasteiger partial charge in [0.05, 0.1) is 11.5 Å². The predicted molar refractivity (Wildman–Crippen MR) is 63.2 cm³/mol. The van der Waals surface area contributed by atoms with E-state index in [-0.39, 0.29) is 17.3 Å². The molecule has 6 nitrogen and oxygen atoms in total. The Bertz CT molecular complexity index is 429. The third-order valence-corrected chi connectivity index (χ3v) is 1.77. The maximum Gasteiger partial charge on any atom is 0.201 e. The Balaban J connectivity index is 2.87. The van der Waals surface area contributed by atoms with Crippen LogP contribution in [0.5, 0.6) is 11.5 Å². The smallest absolute Gasteiger partial charge is 0.201 e. The molecule has 0 bridgehead atoms. The lowest BCUT2D eigenvalue weighted by Gasteiger charge is -2.12. The zero-order chi connectivity index (χ0) is 12.1. The van der Waals surface area contributed by atoms with E-state index in [2.05, 4.69) is 22.2 Å². The quantitative estimate of drug-likeness (QED) is 0.285. The van der Waals surface area contributed by atoms with Gasteiger partial charge in [-0.05, 0) is 12.1 Å². The van der Waals surface area contributed by atoms with Crippen LogP contribution >= 0.6 is 0 Å². The number of rotatable bonds is 2. The molecule has 0 unspecified atom stereocenters. The number of benzene rings is 1. The third-order valence-electron chi connectivity index (χ3n) is 1.77. The van der Waals surface area contributed by atoms with Crippen LogP contribution in [-0.4, -0.2) is 23.2 Å². The molecule has 1 aromatic rings. The van der Waals surface area contributed by atoms with Gasteiger partial charge in [0.1, 0.15) is 0 Å². The molecule has 6 heteroatoms. The van der Waals surface area contributed by atoms with E-state index in [0.717, 1.165) is 0 Å². The van der Waals surface area contributed by atoms with Gasteiger partial charge in [-0.15, -0.1) is 0 Å². The highest BCUT2D eigenvalue weighted by Gasteiger charge is 2.07. The Labute approximate surface area is 93.1 Å². The first-order valence-corrected chi connectivity index (χ1v) is 4.50. The summed E-state index contributed by atoms with van der Waals surface area (Å²) in [6.07, 6.45) is 0. The maximum atomic E-state index is 9.53. The fourth-order valence-corrected chi connectivity index (χ4v) is 1.05. The zero-order valence-corrected chi connectivity index (χ0v) is 8.86. The van der Waals surface area contributed by atoms with Gasteiger partial charge >= 0.3 is 0 Å². The second-order valence-corrected chi connectivity index (χ2v) is 3.02. The third kappa shape index (κ3) is 2.81. The number of nitrogens with two attached hydrogens (primary N) is 1. The Morgan fingerprint density at radius 3 is 2.69 bits per heavy atom. The molecule has 0 saturated carbocycles. The summed E-state index contributed by atoms with van der Waals surface area (Å²) in [6, 6.07) is 4.54. The van der Waals surface area contributed by atoms with Gasteiger partial charge in [-0.1, -0.05) is 12.6 Å². The van der Waals surface area contributed by atoms with Crippen LogP contribution < -0.4 is 16.4 Å². The molecule has 0 aromatic heterocycles. The fraction of sp³-hybridized carbons (Fsp3) is 0.100. The van der Waals surface area contributed by atoms with Crippen molar-refractivity contribution >= 4 is 11.6 Å². The molecule has 1 aromatic carbocycles. The number of phenolic OH excluding ortho intramolecular Hbond substituents is 2. The first-order valence-electron chi connectivity index (χ1n) is 4.50. The summed E-state index contributed by atoms with van der Waals surface area (Å²) in [5.74, 6) is 0.0567. The largest absolute Gasteiger partial charge is 0.504 e. The number of para-hydroxylation sites is 1. The second kappa shape index (κ2) is 4.92. The van der Waals surface area contributed by atoms with E-state index in [1.807, 2.05) is 0 Å². The minimum absolute atomic E-state index is 0.216. The van der Waals surface area contributed by atoms with Crippen molar-refractivity contribution in [2.24, 2.45) is 10.7 Å². The lowest BCUT2D eigenvalue weighted by molar-refractivity contribution is 0.405. The van der Waals surface area contributed by atoms with Crippen LogP contribution in [0.3, 0.4) is 0 Å². The first-order chi connectivity index (χ1) is 7.54. The molecule has 0 amide bonds. The van der Waals surface area contributed by atoms with Crippen molar-refractivity contribution < 1.29 is 10.2 Å². The number of nitrogens with one attached hydrogen (secondary N) is 2. The van der Waals surface area contributed by atoms with Crippen molar-refractivity contribution in [1.82, 2.24) is 5.32 Å². The summed E-state index contributed by atoms with van der Waals surface area (Å²) in [6.45, 7) is 3.46. The number of guanidine groups is 1. The highest BCUT2D eigenvalue weighted by Crippen LogP contribution is 2.32. The standard InChI is InChI=1S/C10H14N4O2/c1-6(11)13-10(12-2)14-7-4-3-5-8(15)9(7)16/h3-5,15-16H,1,11H2,2H3,(H2,12,13,14). The summed E-state index contributed by atoms with van der Waals surface area (Å²) in [7, 11) is 1.54. The Morgan fingerprint density at radius 1 is 1.44 bits per heavy atom. The lowest BCUT2D eigenvalue weighted by atomic mass is 10.2. The maximum absolute atomic E-state index is 9.53. The van der Waals surface area contributed by atoms with Crippen LogP contribution in [0.25, 0.3) is 0 Å². The van der Waals surface area contributed by atoms with E-state index in [1.165, 1.54) is 13.1 Å². The van der Waals surface area contributed by atoms with E-state index in [9.17, 15) is 10.2 Å². The predicted octanol–water partition coefficient (Wildman–Crippen LogP) is 0.515. The minimum atomic E-state index is -0.256. The highest BCUT2D eigenvalue weighted by molar-refractivity contribution is 5.96. The Morgan fingerprint density at radius 2 is 2.12 bits per heavy atom. The second-order valence-electron chi connectivity index (χ2n) is 3.02. The van der Waals surface area contributed by atoms with Gasteiger partial charge in [-0.2, -0.15) is 0 Å². The molecule has 0 fully saturated rings. The van der Waals surface area contributed by atoms with Crippen molar-refractivity contribution in [2.45, 2.75) is 0 Å². The number of phenols is 2. The van der Waals surface area contributed by atoms with Gasteiger partial charge in [-0.3, -0.25) is 4.99 Å². The monoisotopic (exact) mass is 222 g/mol. The molecule has 0 aliphatic rings. The summed E-state index contributed by atoms with van der Waals surface area (Å²) in [4.78, 5) is 3.86. The number of aliphatic imine (C=N–C) groups is 1. The molecular formula is C10H14N4O2. The molecule has 0 radical (unpaired) electrons. The number of anilines is 1. The fourth-order valence-electron chi connectivity index (χ4n) is 1.05. The average Bonchev–Trinajstić information content (AvgIpc) is 2.23. The van der Waals surface area contributed by atoms with Crippen molar-refractivity contribution in [3.05, 3.63) is 30.6 Å². The van der Waals surface area contributed by atoms with Gasteiger partial charge in [0.2, 0.25) is 5.96 Å². The van der Waals surface area contributed by atoms with E-state index < -0.39 is 0 Å². The Kier molecular flexibility index (Phi) is 3.60. The number of aromatic hydroxyl groups is 2. The van der Waals surface area contributed by atoms with Gasteiger partial charge in [-0.25, -0.2) is 0 Å². The van der Waals surface area contributed by atoms with Gasteiger partial charge in [0, 0.05) is 7.05 Å². The van der Waals surface area contributed by atoms with E-state index in [4.69, 9.17) is 5.73 Å². The van der Waals surface area contributed by atoms with Crippen LogP contribution in [0.4, 0.5) is 5.69 Å². The normalized spacial score (nSPS) is 10.9. The van der Waals surface area contributed by atoms with E-state index in [0.29, 0.717) is 11.6 Å². The first kappa shape index (κ1) is 11.7. The molecule has 86 valence electrons. The van der Waals surface area contributed by atoms with Crippen LogP contribution in [0.15, 0.2) is 35.6 Å². The summed E-state index contributed by atoms with van der Waals surface area (Å²) < 4.78 is 0. The zero-order valence-electron chi connectivity index (χ0n) is 8.86. The Hall–Kier alpha value is -2.37. The van der Waals surface area contributed by atoms with E-state index >= 15 is 0 Å². The molecule has 0 aliphatic heterocycles. The summed E-state index contributed by atoms with van der Waals surface area (Å²) in [5.41, 5.74) is 5.67. The summed E-state index contributed by atoms with van der Waals surface area (Å²) in [5, 5.41) is 24.2. The molecule has 0 aliphatic carbocycles. The molecule has 0 saturated heterocycles. The summed E-state index contributed by atoms with van der Waals surface area (Å²) >= 11 is 0. The average molecular weight is 222 g/mol. The molecule has 0 heterocycles. The van der Waals surface area contributed by atoms with Crippen molar-refractivity contribution in [2.75, 3.05) is 12.4 Å². The van der Waals surface area contributed by atoms with Crippen LogP contribution in [0.2, 0.25) is 0 Å². The minimum Gasteiger partial charge on any atom is -0.504 e. The van der Waals surface area contributed by atoms with Crippen LogP contribution in [-0.2, 0) is 0 Å².